The predicted octanol–water partition coefficient (Wildman–Crippen LogP) is 4.01. The van der Waals surface area contributed by atoms with E-state index >= 15 is 0 Å². The quantitative estimate of drug-likeness (QED) is 0.519. The molecule has 1 saturated carbocycles. The summed E-state index contributed by atoms with van der Waals surface area (Å²) < 4.78 is 1.93. The lowest BCUT2D eigenvalue weighted by Gasteiger charge is -2.12. The number of benzene rings is 1. The number of rotatable bonds is 8. The van der Waals surface area contributed by atoms with Gasteiger partial charge in [-0.15, -0.1) is 11.3 Å². The molecule has 1 aliphatic rings. The van der Waals surface area contributed by atoms with Crippen molar-refractivity contribution in [1.29, 1.82) is 0 Å². The van der Waals surface area contributed by atoms with E-state index in [1.54, 1.807) is 29.7 Å². The van der Waals surface area contributed by atoms with Crippen molar-refractivity contribution in [3.8, 4) is 5.69 Å². The summed E-state index contributed by atoms with van der Waals surface area (Å²) in [6.07, 6.45) is 8.15. The molecule has 0 aliphatic heterocycles. The summed E-state index contributed by atoms with van der Waals surface area (Å²) in [4.78, 5) is 30.0. The molecule has 0 spiro atoms. The van der Waals surface area contributed by atoms with Crippen molar-refractivity contribution >= 4 is 34.9 Å². The fraction of sp³-hybridized carbons (Fsp3) is 0.318. The molecule has 0 bridgehead atoms. The Balaban J connectivity index is 1.33. The Labute approximate surface area is 184 Å². The van der Waals surface area contributed by atoms with Crippen molar-refractivity contribution in [2.45, 2.75) is 43.4 Å². The van der Waals surface area contributed by atoms with Gasteiger partial charge in [0.05, 0.1) is 12.3 Å². The molecule has 1 aromatic carbocycles. The van der Waals surface area contributed by atoms with Crippen LogP contribution >= 0.6 is 23.1 Å². The molecule has 3 aromatic rings. The molecule has 1 aliphatic carbocycles. The van der Waals surface area contributed by atoms with Gasteiger partial charge in [0.1, 0.15) is 0 Å². The van der Waals surface area contributed by atoms with Gasteiger partial charge in [-0.2, -0.15) is 0 Å². The van der Waals surface area contributed by atoms with Crippen LogP contribution < -0.4 is 10.6 Å². The Morgan fingerprint density at radius 2 is 1.97 bits per heavy atom. The van der Waals surface area contributed by atoms with Crippen molar-refractivity contribution in [3.63, 3.8) is 0 Å². The van der Waals surface area contributed by atoms with Crippen molar-refractivity contribution in [2.24, 2.45) is 0 Å². The van der Waals surface area contributed by atoms with Crippen LogP contribution in [0.1, 0.15) is 40.9 Å². The minimum Gasteiger partial charge on any atom is -0.353 e. The van der Waals surface area contributed by atoms with Crippen molar-refractivity contribution in [2.75, 3.05) is 5.75 Å². The second kappa shape index (κ2) is 9.95. The first-order valence-corrected chi connectivity index (χ1v) is 11.9. The van der Waals surface area contributed by atoms with E-state index in [2.05, 4.69) is 15.6 Å². The van der Waals surface area contributed by atoms with Crippen LogP contribution in [0.4, 0.5) is 0 Å². The smallest absolute Gasteiger partial charge is 0.251 e. The number of hydrogen-bond acceptors (Lipinski definition) is 5. The summed E-state index contributed by atoms with van der Waals surface area (Å²) in [5, 5.41) is 8.79. The summed E-state index contributed by atoms with van der Waals surface area (Å²) >= 11 is 3.04. The number of aromatic nitrogens is 2. The molecule has 8 heteroatoms. The number of amides is 2. The van der Waals surface area contributed by atoms with Crippen LogP contribution in [0.3, 0.4) is 0 Å². The summed E-state index contributed by atoms with van der Waals surface area (Å²) in [6.45, 7) is 0.531. The van der Waals surface area contributed by atoms with E-state index in [0.29, 0.717) is 23.9 Å². The Morgan fingerprint density at radius 3 is 2.70 bits per heavy atom. The van der Waals surface area contributed by atoms with Gasteiger partial charge in [-0.05, 0) is 48.6 Å². The Bertz CT molecular complexity index is 977. The summed E-state index contributed by atoms with van der Waals surface area (Å²) in [5.41, 5.74) is 1.52. The molecule has 2 aromatic heterocycles. The van der Waals surface area contributed by atoms with Gasteiger partial charge in [0.2, 0.25) is 5.91 Å². The molecule has 0 unspecified atom stereocenters. The zero-order chi connectivity index (χ0) is 20.8. The average Bonchev–Trinajstić information content (AvgIpc) is 3.53. The summed E-state index contributed by atoms with van der Waals surface area (Å²) in [5.74, 6) is 0.300. The Kier molecular flexibility index (Phi) is 6.86. The van der Waals surface area contributed by atoms with Crippen LogP contribution in [0, 0.1) is 0 Å². The van der Waals surface area contributed by atoms with Gasteiger partial charge in [0.15, 0.2) is 5.16 Å². The first-order chi connectivity index (χ1) is 14.7. The van der Waals surface area contributed by atoms with Crippen molar-refractivity contribution < 1.29 is 9.59 Å². The minimum atomic E-state index is -0.0984. The Morgan fingerprint density at radius 1 is 1.17 bits per heavy atom. The van der Waals surface area contributed by atoms with Gasteiger partial charge in [-0.25, -0.2) is 4.98 Å². The molecule has 0 atom stereocenters. The molecule has 30 heavy (non-hydrogen) atoms. The third-order valence-corrected chi connectivity index (χ3v) is 6.91. The standard InChI is InChI=1S/C22H24N4O2S2/c27-20(25-17-4-1-2-5-17)15-30-22-23-11-12-26(22)18-9-7-16(8-10-18)21(28)24-14-19-6-3-13-29-19/h3,6-13,17H,1-2,4-5,14-15H2,(H,24,28)(H,25,27). The van der Waals surface area contributed by atoms with Crippen LogP contribution in [0.5, 0.6) is 0 Å². The van der Waals surface area contributed by atoms with E-state index in [0.717, 1.165) is 28.6 Å². The predicted molar refractivity (Wildman–Crippen MR) is 120 cm³/mol. The van der Waals surface area contributed by atoms with Gasteiger partial charge < -0.3 is 10.6 Å². The molecule has 1 fully saturated rings. The molecule has 2 amide bonds. The lowest BCUT2D eigenvalue weighted by molar-refractivity contribution is -0.119. The van der Waals surface area contributed by atoms with E-state index < -0.39 is 0 Å². The Hall–Kier alpha value is -2.58. The number of hydrogen-bond donors (Lipinski definition) is 2. The summed E-state index contributed by atoms with van der Waals surface area (Å²) in [6, 6.07) is 11.7. The fourth-order valence-electron chi connectivity index (χ4n) is 3.52. The van der Waals surface area contributed by atoms with Crippen molar-refractivity contribution in [1.82, 2.24) is 20.2 Å². The normalized spacial score (nSPS) is 14.0. The maximum atomic E-state index is 12.3. The molecule has 156 valence electrons. The molecule has 0 radical (unpaired) electrons. The maximum Gasteiger partial charge on any atom is 0.251 e. The molecule has 6 nitrogen and oxygen atoms in total. The average molecular weight is 441 g/mol. The molecule has 2 N–H and O–H groups in total. The SMILES string of the molecule is O=C(CSc1nccn1-c1ccc(C(=O)NCc2cccs2)cc1)NC1CCCC1. The largest absolute Gasteiger partial charge is 0.353 e. The first kappa shape index (κ1) is 20.7. The van der Waals surface area contributed by atoms with Crippen LogP contribution in [0.25, 0.3) is 5.69 Å². The zero-order valence-electron chi connectivity index (χ0n) is 16.5. The fourth-order valence-corrected chi connectivity index (χ4v) is 4.95. The van der Waals surface area contributed by atoms with Gasteiger partial charge in [-0.3, -0.25) is 14.2 Å². The molecular weight excluding hydrogens is 416 g/mol. The number of imidazole rings is 1. The number of nitrogens with zero attached hydrogens (tertiary/aromatic N) is 2. The summed E-state index contributed by atoms with van der Waals surface area (Å²) in [7, 11) is 0. The number of nitrogens with one attached hydrogen (secondary N) is 2. The second-order valence-electron chi connectivity index (χ2n) is 7.23. The van der Waals surface area contributed by atoms with Gasteiger partial charge in [-0.1, -0.05) is 30.7 Å². The second-order valence-corrected chi connectivity index (χ2v) is 9.20. The number of carbonyl (C=O) groups is 2. The number of thiophene rings is 1. The van der Waals surface area contributed by atoms with E-state index in [9.17, 15) is 9.59 Å². The van der Waals surface area contributed by atoms with Crippen LogP contribution in [0.15, 0.2) is 59.3 Å². The lowest BCUT2D eigenvalue weighted by atomic mass is 10.2. The monoisotopic (exact) mass is 440 g/mol. The third-order valence-electron chi connectivity index (χ3n) is 5.07. The van der Waals surface area contributed by atoms with E-state index in [-0.39, 0.29) is 11.8 Å². The lowest BCUT2D eigenvalue weighted by Crippen LogP contribution is -2.33. The first-order valence-electron chi connectivity index (χ1n) is 10.1. The van der Waals surface area contributed by atoms with Gasteiger partial charge >= 0.3 is 0 Å². The van der Waals surface area contributed by atoms with E-state index in [4.69, 9.17) is 0 Å². The minimum absolute atomic E-state index is 0.0548. The third kappa shape index (κ3) is 5.31. The zero-order valence-corrected chi connectivity index (χ0v) is 18.2. The van der Waals surface area contributed by atoms with Crippen LogP contribution in [0.2, 0.25) is 0 Å². The van der Waals surface area contributed by atoms with E-state index in [1.807, 2.05) is 40.4 Å². The van der Waals surface area contributed by atoms with Crippen LogP contribution in [-0.4, -0.2) is 33.2 Å². The highest BCUT2D eigenvalue weighted by atomic mass is 32.2. The molecule has 2 heterocycles. The molecule has 4 rings (SSSR count). The molecular formula is C22H24N4O2S2. The molecule has 0 saturated heterocycles. The maximum absolute atomic E-state index is 12.3. The topological polar surface area (TPSA) is 76.0 Å². The number of carbonyl (C=O) groups excluding carboxylic acids is 2. The van der Waals surface area contributed by atoms with Gasteiger partial charge in [0, 0.05) is 34.6 Å². The van der Waals surface area contributed by atoms with Crippen molar-refractivity contribution in [3.05, 3.63) is 64.6 Å². The highest BCUT2D eigenvalue weighted by molar-refractivity contribution is 7.99. The van der Waals surface area contributed by atoms with Crippen LogP contribution in [-0.2, 0) is 11.3 Å². The van der Waals surface area contributed by atoms with Gasteiger partial charge in [0.25, 0.3) is 5.91 Å². The number of thioether (sulfide) groups is 1. The highest BCUT2D eigenvalue weighted by Crippen LogP contribution is 2.22. The highest BCUT2D eigenvalue weighted by Gasteiger charge is 2.17. The van der Waals surface area contributed by atoms with E-state index in [1.165, 1.54) is 24.6 Å².